The van der Waals surface area contributed by atoms with E-state index >= 15 is 0 Å². The van der Waals surface area contributed by atoms with Crippen LogP contribution < -0.4 is 0 Å². The Morgan fingerprint density at radius 2 is 1.89 bits per heavy atom. The van der Waals surface area contributed by atoms with Gasteiger partial charge in [-0.05, 0) is 48.9 Å². The summed E-state index contributed by atoms with van der Waals surface area (Å²) in [5.74, 6) is 4.81. The van der Waals surface area contributed by atoms with Crippen LogP contribution in [0.15, 0.2) is 11.6 Å². The van der Waals surface area contributed by atoms with Crippen LogP contribution in [0.25, 0.3) is 0 Å². The summed E-state index contributed by atoms with van der Waals surface area (Å²) in [5, 5.41) is 0. The Kier molecular flexibility index (Phi) is 5.54. The Balaban J connectivity index is 1.70. The van der Waals surface area contributed by atoms with E-state index in [0.29, 0.717) is 0 Å². The fourth-order valence-electron chi connectivity index (χ4n) is 3.35. The minimum absolute atomic E-state index is 0.893. The first-order valence-electron chi connectivity index (χ1n) is 8.84. The molecule has 0 radical (unpaired) electrons. The number of allylic oxidation sites excluding steroid dienone is 2. The molecule has 0 amide bonds. The highest BCUT2D eigenvalue weighted by atomic mass is 14.4. The highest BCUT2D eigenvalue weighted by molar-refractivity contribution is 5.29. The van der Waals surface area contributed by atoms with Gasteiger partial charge in [-0.25, -0.2) is 0 Å². The van der Waals surface area contributed by atoms with E-state index in [0.717, 1.165) is 29.6 Å². The zero-order valence-electron chi connectivity index (χ0n) is 13.6. The Hall–Kier alpha value is -0.260. The largest absolute Gasteiger partial charge is 0.0775 e. The quantitative estimate of drug-likeness (QED) is 0.410. The Morgan fingerprint density at radius 3 is 2.47 bits per heavy atom. The molecule has 0 heterocycles. The van der Waals surface area contributed by atoms with Crippen molar-refractivity contribution in [2.24, 2.45) is 29.6 Å². The number of hydrogen-bond acceptors (Lipinski definition) is 0. The summed E-state index contributed by atoms with van der Waals surface area (Å²) < 4.78 is 0. The molecule has 0 aromatic rings. The average Bonchev–Trinajstić information content (AvgIpc) is 3.30. The van der Waals surface area contributed by atoms with E-state index < -0.39 is 0 Å². The Labute approximate surface area is 121 Å². The van der Waals surface area contributed by atoms with Crippen molar-refractivity contribution in [1.82, 2.24) is 0 Å². The lowest BCUT2D eigenvalue weighted by Gasteiger charge is -2.23. The fraction of sp³-hybridized carbons (Fsp3) is 0.895. The second-order valence-corrected chi connectivity index (χ2v) is 7.47. The standard InChI is InChI=1S/C19H34/c1-5-14(3)11-18-13-19(18)12-17(15(4)6-2)10-9-16-7-8-16/h13-17,19H,5-12H2,1-4H3. The molecule has 110 valence electrons. The fourth-order valence-corrected chi connectivity index (χ4v) is 3.35. The summed E-state index contributed by atoms with van der Waals surface area (Å²) in [7, 11) is 0. The predicted molar refractivity (Wildman–Crippen MR) is 85.2 cm³/mol. The first-order valence-corrected chi connectivity index (χ1v) is 8.84. The lowest BCUT2D eigenvalue weighted by atomic mass is 9.82. The Bertz CT molecular complexity index is 297. The molecule has 0 heteroatoms. The molecule has 4 unspecified atom stereocenters. The predicted octanol–water partition coefficient (Wildman–Crippen LogP) is 6.22. The monoisotopic (exact) mass is 262 g/mol. The molecule has 2 aliphatic carbocycles. The maximum Gasteiger partial charge on any atom is -0.00173 e. The van der Waals surface area contributed by atoms with E-state index in [1.54, 1.807) is 5.57 Å². The first kappa shape index (κ1) is 15.1. The summed E-state index contributed by atoms with van der Waals surface area (Å²) in [5.41, 5.74) is 1.79. The zero-order chi connectivity index (χ0) is 13.8. The van der Waals surface area contributed by atoms with Crippen LogP contribution in [0.1, 0.15) is 79.1 Å². The third-order valence-corrected chi connectivity index (χ3v) is 5.71. The van der Waals surface area contributed by atoms with E-state index in [2.05, 4.69) is 33.8 Å². The maximum atomic E-state index is 2.57. The van der Waals surface area contributed by atoms with Gasteiger partial charge in [0.05, 0.1) is 0 Å². The SMILES string of the molecule is CCC(C)CC1=CC1CC(CCC1CC1)C(C)CC. The van der Waals surface area contributed by atoms with Crippen molar-refractivity contribution >= 4 is 0 Å². The molecule has 2 rings (SSSR count). The molecule has 0 saturated heterocycles. The maximum absolute atomic E-state index is 2.57. The molecule has 1 saturated carbocycles. The molecule has 1 fully saturated rings. The zero-order valence-corrected chi connectivity index (χ0v) is 13.6. The van der Waals surface area contributed by atoms with Crippen LogP contribution in [0.2, 0.25) is 0 Å². The molecule has 4 atom stereocenters. The first-order chi connectivity index (χ1) is 9.13. The molecule has 0 bridgehead atoms. The molecular formula is C19H34. The molecule has 0 nitrogen and oxygen atoms in total. The smallest absolute Gasteiger partial charge is 0.00173 e. The lowest BCUT2D eigenvalue weighted by Crippen LogP contribution is -2.13. The summed E-state index contributed by atoms with van der Waals surface area (Å²) in [6.45, 7) is 9.57. The third kappa shape index (κ3) is 4.97. The molecular weight excluding hydrogens is 228 g/mol. The highest BCUT2D eigenvalue weighted by Crippen LogP contribution is 2.44. The van der Waals surface area contributed by atoms with Gasteiger partial charge in [-0.15, -0.1) is 0 Å². The molecule has 2 aliphatic rings. The average molecular weight is 262 g/mol. The normalized spacial score (nSPS) is 26.7. The van der Waals surface area contributed by atoms with Gasteiger partial charge < -0.3 is 0 Å². The molecule has 0 spiro atoms. The van der Waals surface area contributed by atoms with E-state index in [1.807, 2.05) is 0 Å². The van der Waals surface area contributed by atoms with E-state index in [4.69, 9.17) is 0 Å². The van der Waals surface area contributed by atoms with Gasteiger partial charge in [-0.3, -0.25) is 0 Å². The van der Waals surface area contributed by atoms with Gasteiger partial charge in [0.2, 0.25) is 0 Å². The van der Waals surface area contributed by atoms with E-state index in [1.165, 1.54) is 51.4 Å². The second-order valence-electron chi connectivity index (χ2n) is 7.47. The van der Waals surface area contributed by atoms with Crippen LogP contribution in [0.5, 0.6) is 0 Å². The van der Waals surface area contributed by atoms with Crippen LogP contribution >= 0.6 is 0 Å². The second kappa shape index (κ2) is 6.95. The van der Waals surface area contributed by atoms with Crippen LogP contribution in [-0.2, 0) is 0 Å². The van der Waals surface area contributed by atoms with Crippen LogP contribution in [0, 0.1) is 29.6 Å². The van der Waals surface area contributed by atoms with Gasteiger partial charge in [0.25, 0.3) is 0 Å². The van der Waals surface area contributed by atoms with Crippen LogP contribution in [-0.4, -0.2) is 0 Å². The van der Waals surface area contributed by atoms with E-state index in [-0.39, 0.29) is 0 Å². The van der Waals surface area contributed by atoms with Crippen LogP contribution in [0.4, 0.5) is 0 Å². The summed E-state index contributed by atoms with van der Waals surface area (Å²) in [4.78, 5) is 0. The molecule has 0 N–H and O–H groups in total. The molecule has 0 aliphatic heterocycles. The van der Waals surface area contributed by atoms with Gasteiger partial charge >= 0.3 is 0 Å². The summed E-state index contributed by atoms with van der Waals surface area (Å²) in [6.07, 6.45) is 14.2. The van der Waals surface area contributed by atoms with Gasteiger partial charge in [0.15, 0.2) is 0 Å². The van der Waals surface area contributed by atoms with Gasteiger partial charge in [0.1, 0.15) is 0 Å². The van der Waals surface area contributed by atoms with Crippen molar-refractivity contribution in [2.75, 3.05) is 0 Å². The van der Waals surface area contributed by atoms with E-state index in [9.17, 15) is 0 Å². The molecule has 0 aromatic heterocycles. The number of hydrogen-bond donors (Lipinski definition) is 0. The van der Waals surface area contributed by atoms with Gasteiger partial charge in [-0.1, -0.05) is 71.4 Å². The lowest BCUT2D eigenvalue weighted by molar-refractivity contribution is 0.286. The topological polar surface area (TPSA) is 0 Å². The van der Waals surface area contributed by atoms with Gasteiger partial charge in [0, 0.05) is 0 Å². The van der Waals surface area contributed by atoms with Crippen molar-refractivity contribution in [3.05, 3.63) is 11.6 Å². The van der Waals surface area contributed by atoms with Crippen molar-refractivity contribution in [3.8, 4) is 0 Å². The number of rotatable bonds is 10. The van der Waals surface area contributed by atoms with Crippen molar-refractivity contribution < 1.29 is 0 Å². The molecule has 19 heavy (non-hydrogen) atoms. The Morgan fingerprint density at radius 1 is 1.16 bits per heavy atom. The minimum Gasteiger partial charge on any atom is -0.0775 e. The minimum atomic E-state index is 0.893. The van der Waals surface area contributed by atoms with Crippen molar-refractivity contribution in [1.29, 1.82) is 0 Å². The van der Waals surface area contributed by atoms with Crippen molar-refractivity contribution in [3.63, 3.8) is 0 Å². The summed E-state index contributed by atoms with van der Waals surface area (Å²) >= 11 is 0. The van der Waals surface area contributed by atoms with Crippen LogP contribution in [0.3, 0.4) is 0 Å². The van der Waals surface area contributed by atoms with Crippen molar-refractivity contribution in [2.45, 2.75) is 79.1 Å². The highest BCUT2D eigenvalue weighted by Gasteiger charge is 2.31. The third-order valence-electron chi connectivity index (χ3n) is 5.71. The van der Waals surface area contributed by atoms with Gasteiger partial charge in [-0.2, -0.15) is 0 Å². The summed E-state index contributed by atoms with van der Waals surface area (Å²) in [6, 6.07) is 0. The molecule has 0 aromatic carbocycles.